The Labute approximate surface area is 98.8 Å². The van der Waals surface area contributed by atoms with Gasteiger partial charge in [0, 0.05) is 17.5 Å². The van der Waals surface area contributed by atoms with Gasteiger partial charge in [0.1, 0.15) is 11.2 Å². The van der Waals surface area contributed by atoms with Crippen molar-refractivity contribution in [3.8, 4) is 5.88 Å². The van der Waals surface area contributed by atoms with Crippen molar-refractivity contribution >= 4 is 11.7 Å². The Morgan fingerprint density at radius 1 is 1.44 bits per heavy atom. The lowest BCUT2D eigenvalue weighted by Gasteiger charge is -1.90. The van der Waals surface area contributed by atoms with Crippen LogP contribution in [0, 0.1) is 5.41 Å². The topological polar surface area (TPSA) is 123 Å². The lowest BCUT2D eigenvalue weighted by atomic mass is 10.3. The lowest BCUT2D eigenvalue weighted by molar-refractivity contribution is 0.454. The second-order valence-electron chi connectivity index (χ2n) is 3.67. The van der Waals surface area contributed by atoms with E-state index in [1.165, 1.54) is 22.9 Å². The van der Waals surface area contributed by atoms with Crippen LogP contribution in [0.15, 0.2) is 23.3 Å². The molecule has 0 saturated heterocycles. The van der Waals surface area contributed by atoms with Crippen LogP contribution in [0.4, 0.5) is 0 Å². The van der Waals surface area contributed by atoms with Crippen LogP contribution < -0.4 is 16.4 Å². The first-order valence-corrected chi connectivity index (χ1v) is 5.05. The minimum atomic E-state index is -0.496. The maximum absolute atomic E-state index is 11.0. The van der Waals surface area contributed by atoms with E-state index >= 15 is 0 Å². The molecular weight excluding hydrogens is 236 g/mol. The molecule has 3 aromatic heterocycles. The van der Waals surface area contributed by atoms with Crippen LogP contribution in [0.25, 0.3) is 11.7 Å². The maximum Gasteiger partial charge on any atom is 0.326 e. The molecule has 0 saturated carbocycles. The zero-order valence-corrected chi connectivity index (χ0v) is 9.01. The molecule has 0 fully saturated rings. The molecule has 8 heteroatoms. The summed E-state index contributed by atoms with van der Waals surface area (Å²) in [6, 6.07) is 1.51. The number of H-pyrrole nitrogens is 2. The number of nitrogens with one attached hydrogen (secondary N) is 3. The van der Waals surface area contributed by atoms with Gasteiger partial charge in [-0.15, -0.1) is 0 Å². The number of hydrogen-bond acceptors (Lipinski definition) is 5. The number of imidazole rings is 1. The van der Waals surface area contributed by atoms with E-state index in [0.717, 1.165) is 0 Å². The third-order valence-corrected chi connectivity index (χ3v) is 2.43. The number of fused-ring (bicyclic) bond motifs is 1. The van der Waals surface area contributed by atoms with Crippen molar-refractivity contribution < 1.29 is 5.11 Å². The standard InChI is InChI=1S/C10H8N6O2/c11-7-1-2-16-8(14-7)5(4-12-16)3-6-9(17)15-10(18)13-6/h1-4,11,17H,(H2,13,15,18)/b5-3+,11-7?. The maximum atomic E-state index is 11.0. The Balaban J connectivity index is 2.32. The fourth-order valence-electron chi connectivity index (χ4n) is 1.64. The fraction of sp³-hybridized carbons (Fsp3) is 0. The van der Waals surface area contributed by atoms with Gasteiger partial charge in [0.05, 0.1) is 6.20 Å². The summed E-state index contributed by atoms with van der Waals surface area (Å²) in [6.45, 7) is 0. The molecule has 0 atom stereocenters. The summed E-state index contributed by atoms with van der Waals surface area (Å²) in [5.74, 6) is -0.249. The van der Waals surface area contributed by atoms with E-state index < -0.39 is 5.69 Å². The highest BCUT2D eigenvalue weighted by Crippen LogP contribution is 2.07. The van der Waals surface area contributed by atoms with Gasteiger partial charge in [0.25, 0.3) is 0 Å². The third-order valence-electron chi connectivity index (χ3n) is 2.43. The zero-order chi connectivity index (χ0) is 12.7. The van der Waals surface area contributed by atoms with E-state index in [0.29, 0.717) is 10.9 Å². The largest absolute Gasteiger partial charge is 0.493 e. The van der Waals surface area contributed by atoms with E-state index in [9.17, 15) is 9.90 Å². The van der Waals surface area contributed by atoms with Crippen LogP contribution in [0.2, 0.25) is 0 Å². The third kappa shape index (κ3) is 1.56. The van der Waals surface area contributed by atoms with Crippen molar-refractivity contribution in [2.75, 3.05) is 0 Å². The number of rotatable bonds is 1. The SMILES string of the molecule is N=c1ccn2nc/c(=C\c3[nH]c(=O)[nH]c3O)c2n1. The molecule has 90 valence electrons. The molecule has 0 spiro atoms. The van der Waals surface area contributed by atoms with E-state index in [4.69, 9.17) is 5.41 Å². The summed E-state index contributed by atoms with van der Waals surface area (Å²) in [4.78, 5) is 19.7. The molecule has 0 radical (unpaired) electrons. The highest BCUT2D eigenvalue weighted by atomic mass is 16.3. The van der Waals surface area contributed by atoms with Crippen molar-refractivity contribution in [1.29, 1.82) is 5.41 Å². The Kier molecular flexibility index (Phi) is 2.03. The van der Waals surface area contributed by atoms with Crippen LogP contribution in [0.3, 0.4) is 0 Å². The van der Waals surface area contributed by atoms with Crippen LogP contribution in [-0.2, 0) is 0 Å². The Morgan fingerprint density at radius 3 is 3.00 bits per heavy atom. The lowest BCUT2D eigenvalue weighted by Crippen LogP contribution is -2.11. The molecule has 8 nitrogen and oxygen atoms in total. The summed E-state index contributed by atoms with van der Waals surface area (Å²) in [7, 11) is 0. The van der Waals surface area contributed by atoms with Crippen molar-refractivity contribution in [1.82, 2.24) is 24.6 Å². The summed E-state index contributed by atoms with van der Waals surface area (Å²) in [6.07, 6.45) is 4.68. The highest BCUT2D eigenvalue weighted by Gasteiger charge is 2.04. The predicted molar refractivity (Wildman–Crippen MR) is 60.7 cm³/mol. The summed E-state index contributed by atoms with van der Waals surface area (Å²) >= 11 is 0. The Morgan fingerprint density at radius 2 is 2.28 bits per heavy atom. The first kappa shape index (κ1) is 10.3. The molecule has 0 amide bonds. The van der Waals surface area contributed by atoms with Gasteiger partial charge in [-0.3, -0.25) is 10.4 Å². The number of aromatic hydroxyl groups is 1. The van der Waals surface area contributed by atoms with E-state index in [2.05, 4.69) is 20.1 Å². The van der Waals surface area contributed by atoms with Gasteiger partial charge in [-0.25, -0.2) is 14.3 Å². The number of nitrogens with zero attached hydrogens (tertiary/aromatic N) is 3. The average molecular weight is 244 g/mol. The van der Waals surface area contributed by atoms with Gasteiger partial charge in [0.2, 0.25) is 5.88 Å². The van der Waals surface area contributed by atoms with Crippen molar-refractivity contribution in [2.24, 2.45) is 0 Å². The molecule has 0 aliphatic carbocycles. The molecule has 18 heavy (non-hydrogen) atoms. The number of aromatic nitrogens is 5. The average Bonchev–Trinajstić information content (AvgIpc) is 2.84. The first-order valence-electron chi connectivity index (χ1n) is 5.05. The van der Waals surface area contributed by atoms with Gasteiger partial charge < -0.3 is 10.1 Å². The van der Waals surface area contributed by atoms with Crippen LogP contribution in [0.5, 0.6) is 5.88 Å². The van der Waals surface area contributed by atoms with E-state index in [1.54, 1.807) is 6.20 Å². The van der Waals surface area contributed by atoms with Crippen LogP contribution in [0.1, 0.15) is 5.69 Å². The molecule has 0 aliphatic heterocycles. The second-order valence-corrected chi connectivity index (χ2v) is 3.67. The number of hydrogen-bond donors (Lipinski definition) is 4. The minimum Gasteiger partial charge on any atom is -0.493 e. The van der Waals surface area contributed by atoms with Gasteiger partial charge in [-0.05, 0) is 6.08 Å². The zero-order valence-electron chi connectivity index (χ0n) is 9.01. The Bertz CT molecular complexity index is 887. The van der Waals surface area contributed by atoms with Crippen molar-refractivity contribution in [2.45, 2.75) is 0 Å². The quantitative estimate of drug-likeness (QED) is 0.415. The highest BCUT2D eigenvalue weighted by molar-refractivity contribution is 5.56. The molecule has 0 unspecified atom stereocenters. The van der Waals surface area contributed by atoms with E-state index in [-0.39, 0.29) is 17.1 Å². The second kappa shape index (κ2) is 3.55. The molecule has 0 bridgehead atoms. The molecule has 3 aromatic rings. The van der Waals surface area contributed by atoms with Crippen molar-refractivity contribution in [3.63, 3.8) is 0 Å². The molecular formula is C10H8N6O2. The number of aromatic amines is 2. The van der Waals surface area contributed by atoms with Crippen LogP contribution in [-0.4, -0.2) is 29.7 Å². The monoisotopic (exact) mass is 244 g/mol. The molecule has 3 heterocycles. The summed E-state index contributed by atoms with van der Waals surface area (Å²) in [5.41, 5.74) is 0.338. The van der Waals surface area contributed by atoms with Crippen molar-refractivity contribution in [3.05, 3.63) is 45.3 Å². The normalized spacial score (nSPS) is 12.3. The van der Waals surface area contributed by atoms with Gasteiger partial charge in [0.15, 0.2) is 5.65 Å². The predicted octanol–water partition coefficient (Wildman–Crippen LogP) is -1.52. The first-order chi connectivity index (χ1) is 8.63. The minimum absolute atomic E-state index is 0.115. The summed E-state index contributed by atoms with van der Waals surface area (Å²) in [5, 5.41) is 21.6. The molecule has 4 N–H and O–H groups in total. The van der Waals surface area contributed by atoms with Gasteiger partial charge >= 0.3 is 5.69 Å². The van der Waals surface area contributed by atoms with Gasteiger partial charge in [-0.1, -0.05) is 0 Å². The molecule has 0 aliphatic rings. The summed E-state index contributed by atoms with van der Waals surface area (Å²) < 4.78 is 1.51. The molecule has 3 rings (SSSR count). The Hall–Kier alpha value is -2.90. The fourth-order valence-corrected chi connectivity index (χ4v) is 1.64. The van der Waals surface area contributed by atoms with Crippen LogP contribution >= 0.6 is 0 Å². The smallest absolute Gasteiger partial charge is 0.326 e. The van der Waals surface area contributed by atoms with E-state index in [1.807, 2.05) is 0 Å². The van der Waals surface area contributed by atoms with Gasteiger partial charge in [-0.2, -0.15) is 5.10 Å². The molecule has 0 aromatic carbocycles.